The Morgan fingerprint density at radius 3 is 2.37 bits per heavy atom. The van der Waals surface area contributed by atoms with Crippen molar-refractivity contribution >= 4 is 5.82 Å². The largest absolute Gasteiger partial charge is 0.363 e. The number of aromatic nitrogens is 1. The average molecular weight is 267 g/mol. The highest BCUT2D eigenvalue weighted by Gasteiger charge is 2.19. The zero-order valence-corrected chi connectivity index (χ0v) is 12.9. The van der Waals surface area contributed by atoms with Gasteiger partial charge in [-0.3, -0.25) is 0 Å². The van der Waals surface area contributed by atoms with Crippen LogP contribution in [0.1, 0.15) is 53.5 Å². The van der Waals surface area contributed by atoms with E-state index in [-0.39, 0.29) is 16.9 Å². The summed E-state index contributed by atoms with van der Waals surface area (Å²) in [7, 11) is 0. The molecule has 1 aromatic heterocycles. The number of hydrogen-bond acceptors (Lipinski definition) is 3. The van der Waals surface area contributed by atoms with Crippen LogP contribution in [0, 0.1) is 5.82 Å². The molecule has 4 heteroatoms. The average Bonchev–Trinajstić information content (AvgIpc) is 2.29. The maximum absolute atomic E-state index is 14.3. The summed E-state index contributed by atoms with van der Waals surface area (Å²) in [6.45, 7) is 12.8. The summed E-state index contributed by atoms with van der Waals surface area (Å²) < 4.78 is 14.3. The van der Waals surface area contributed by atoms with Gasteiger partial charge in [0.1, 0.15) is 0 Å². The van der Waals surface area contributed by atoms with Crippen molar-refractivity contribution in [1.29, 1.82) is 0 Å². The summed E-state index contributed by atoms with van der Waals surface area (Å²) in [4.78, 5) is 4.10. The lowest BCUT2D eigenvalue weighted by molar-refractivity contribution is 0.418. The van der Waals surface area contributed by atoms with Crippen molar-refractivity contribution in [3.8, 4) is 0 Å². The third-order valence-corrected chi connectivity index (χ3v) is 3.12. The minimum Gasteiger partial charge on any atom is -0.363 e. The molecule has 1 aromatic rings. The minimum atomic E-state index is -0.263. The monoisotopic (exact) mass is 267 g/mol. The van der Waals surface area contributed by atoms with E-state index in [2.05, 4.69) is 43.3 Å². The predicted molar refractivity (Wildman–Crippen MR) is 78.8 cm³/mol. The van der Waals surface area contributed by atoms with E-state index in [4.69, 9.17) is 0 Å². The molecule has 0 spiro atoms. The predicted octanol–water partition coefficient (Wildman–Crippen LogP) is 3.71. The summed E-state index contributed by atoms with van der Waals surface area (Å²) >= 11 is 0. The number of rotatable bonds is 5. The standard InChI is InChI=1S/C15H26FN3/c1-7-15(5,6)19-13-12(16)11(8-9-17-13)10-18-14(2,3)4/h8-9,18H,7,10H2,1-6H3,(H,17,19). The van der Waals surface area contributed by atoms with Crippen molar-refractivity contribution in [3.63, 3.8) is 0 Å². The Kier molecular flexibility index (Phi) is 4.91. The molecule has 0 saturated carbocycles. The lowest BCUT2D eigenvalue weighted by Gasteiger charge is -2.26. The van der Waals surface area contributed by atoms with Gasteiger partial charge in [-0.15, -0.1) is 0 Å². The van der Waals surface area contributed by atoms with E-state index in [1.807, 2.05) is 13.8 Å². The summed E-state index contributed by atoms with van der Waals surface area (Å²) in [5, 5.41) is 6.45. The first kappa shape index (κ1) is 15.9. The Bertz CT molecular complexity index is 422. The van der Waals surface area contributed by atoms with E-state index in [0.717, 1.165) is 6.42 Å². The molecule has 1 rings (SSSR count). The molecule has 0 aromatic carbocycles. The fraction of sp³-hybridized carbons (Fsp3) is 0.667. The zero-order valence-electron chi connectivity index (χ0n) is 12.9. The topological polar surface area (TPSA) is 37.0 Å². The molecule has 0 unspecified atom stereocenters. The Hall–Kier alpha value is -1.16. The summed E-state index contributed by atoms with van der Waals surface area (Å²) in [6.07, 6.45) is 2.55. The van der Waals surface area contributed by atoms with Crippen molar-refractivity contribution in [2.45, 2.75) is 65.6 Å². The Morgan fingerprint density at radius 2 is 1.84 bits per heavy atom. The Morgan fingerprint density at radius 1 is 1.21 bits per heavy atom. The van der Waals surface area contributed by atoms with Crippen LogP contribution in [0.3, 0.4) is 0 Å². The van der Waals surface area contributed by atoms with Crippen LogP contribution in [0.5, 0.6) is 0 Å². The molecule has 0 radical (unpaired) electrons. The molecule has 108 valence electrons. The molecule has 3 nitrogen and oxygen atoms in total. The van der Waals surface area contributed by atoms with E-state index < -0.39 is 0 Å². The van der Waals surface area contributed by atoms with Gasteiger partial charge >= 0.3 is 0 Å². The fourth-order valence-corrected chi connectivity index (χ4v) is 1.48. The normalized spacial score (nSPS) is 12.6. The van der Waals surface area contributed by atoms with Crippen molar-refractivity contribution in [3.05, 3.63) is 23.6 Å². The second kappa shape index (κ2) is 5.87. The first-order valence-corrected chi connectivity index (χ1v) is 6.81. The van der Waals surface area contributed by atoms with Gasteiger partial charge in [-0.05, 0) is 47.1 Å². The number of anilines is 1. The third kappa shape index (κ3) is 5.15. The lowest BCUT2D eigenvalue weighted by Crippen LogP contribution is -2.35. The van der Waals surface area contributed by atoms with Crippen LogP contribution < -0.4 is 10.6 Å². The smallest absolute Gasteiger partial charge is 0.169 e. The van der Waals surface area contributed by atoms with Crippen LogP contribution in [0.25, 0.3) is 0 Å². The van der Waals surface area contributed by atoms with Crippen molar-refractivity contribution in [2.24, 2.45) is 0 Å². The highest BCUT2D eigenvalue weighted by atomic mass is 19.1. The molecular formula is C15H26FN3. The molecule has 0 bridgehead atoms. The molecule has 0 aliphatic heterocycles. The molecule has 2 N–H and O–H groups in total. The van der Waals surface area contributed by atoms with Gasteiger partial charge in [-0.1, -0.05) is 6.92 Å². The number of nitrogens with one attached hydrogen (secondary N) is 2. The van der Waals surface area contributed by atoms with Gasteiger partial charge in [0.05, 0.1) is 0 Å². The molecule has 0 fully saturated rings. The van der Waals surface area contributed by atoms with E-state index in [1.165, 1.54) is 0 Å². The van der Waals surface area contributed by atoms with Crippen LogP contribution in [-0.4, -0.2) is 16.1 Å². The second-order valence-electron chi connectivity index (χ2n) is 6.60. The van der Waals surface area contributed by atoms with Crippen molar-refractivity contribution in [2.75, 3.05) is 5.32 Å². The first-order chi connectivity index (χ1) is 8.64. The number of hydrogen-bond donors (Lipinski definition) is 2. The molecular weight excluding hydrogens is 241 g/mol. The van der Waals surface area contributed by atoms with E-state index in [0.29, 0.717) is 17.9 Å². The molecule has 0 amide bonds. The molecule has 0 saturated heterocycles. The van der Waals surface area contributed by atoms with E-state index in [9.17, 15) is 4.39 Å². The van der Waals surface area contributed by atoms with Crippen molar-refractivity contribution < 1.29 is 4.39 Å². The van der Waals surface area contributed by atoms with Gasteiger partial charge in [0.2, 0.25) is 0 Å². The van der Waals surface area contributed by atoms with Crippen LogP contribution in [0.2, 0.25) is 0 Å². The number of halogens is 1. The van der Waals surface area contributed by atoms with E-state index in [1.54, 1.807) is 12.3 Å². The maximum Gasteiger partial charge on any atom is 0.169 e. The Balaban J connectivity index is 2.86. The van der Waals surface area contributed by atoms with Gasteiger partial charge in [-0.2, -0.15) is 0 Å². The van der Waals surface area contributed by atoms with Crippen LogP contribution in [0.15, 0.2) is 12.3 Å². The molecule has 0 aliphatic carbocycles. The van der Waals surface area contributed by atoms with Gasteiger partial charge in [0.15, 0.2) is 11.6 Å². The third-order valence-electron chi connectivity index (χ3n) is 3.12. The second-order valence-corrected chi connectivity index (χ2v) is 6.60. The van der Waals surface area contributed by atoms with E-state index >= 15 is 0 Å². The zero-order chi connectivity index (χ0) is 14.7. The van der Waals surface area contributed by atoms with Gasteiger partial charge in [-0.25, -0.2) is 9.37 Å². The van der Waals surface area contributed by atoms with Gasteiger partial charge < -0.3 is 10.6 Å². The molecule has 19 heavy (non-hydrogen) atoms. The van der Waals surface area contributed by atoms with Gasteiger partial charge in [0, 0.05) is 29.4 Å². The first-order valence-electron chi connectivity index (χ1n) is 6.81. The minimum absolute atomic E-state index is 0.0357. The fourth-order valence-electron chi connectivity index (χ4n) is 1.48. The lowest BCUT2D eigenvalue weighted by atomic mass is 10.0. The highest BCUT2D eigenvalue weighted by molar-refractivity contribution is 5.42. The van der Waals surface area contributed by atoms with Crippen LogP contribution >= 0.6 is 0 Å². The Labute approximate surface area is 116 Å². The van der Waals surface area contributed by atoms with Crippen LogP contribution in [-0.2, 0) is 6.54 Å². The summed E-state index contributed by atoms with van der Waals surface area (Å²) in [5.74, 6) is 0.0702. The number of pyridine rings is 1. The SMILES string of the molecule is CCC(C)(C)Nc1nccc(CNC(C)(C)C)c1F. The maximum atomic E-state index is 14.3. The van der Waals surface area contributed by atoms with Gasteiger partial charge in [0.25, 0.3) is 0 Å². The van der Waals surface area contributed by atoms with Crippen molar-refractivity contribution in [1.82, 2.24) is 10.3 Å². The molecule has 0 atom stereocenters. The summed E-state index contributed by atoms with van der Waals surface area (Å²) in [6, 6.07) is 1.72. The quantitative estimate of drug-likeness (QED) is 0.854. The molecule has 1 heterocycles. The highest BCUT2D eigenvalue weighted by Crippen LogP contribution is 2.21. The molecule has 0 aliphatic rings. The summed E-state index contributed by atoms with van der Waals surface area (Å²) in [5.41, 5.74) is 0.440. The number of nitrogens with zero attached hydrogens (tertiary/aromatic N) is 1. The van der Waals surface area contributed by atoms with Crippen LogP contribution in [0.4, 0.5) is 10.2 Å².